The maximum absolute atomic E-state index is 12.8. The monoisotopic (exact) mass is 396 g/mol. The lowest BCUT2D eigenvalue weighted by Crippen LogP contribution is -2.38. The van der Waals surface area contributed by atoms with E-state index in [-0.39, 0.29) is 28.0 Å². The quantitative estimate of drug-likeness (QED) is 0.729. The molecule has 0 unspecified atom stereocenters. The number of rotatable bonds is 4. The number of nitrogens with one attached hydrogen (secondary N) is 1. The molecule has 1 aromatic heterocycles. The number of nitrogens with two attached hydrogens (primary N) is 1. The van der Waals surface area contributed by atoms with Gasteiger partial charge in [0.05, 0.1) is 16.8 Å². The van der Waals surface area contributed by atoms with Crippen molar-refractivity contribution in [2.45, 2.75) is 49.6 Å². The first kappa shape index (κ1) is 19.0. The molecular weight excluding hydrogens is 376 g/mol. The highest BCUT2D eigenvalue weighted by Gasteiger charge is 2.26. The maximum atomic E-state index is 12.8. The third kappa shape index (κ3) is 4.15. The Hall–Kier alpha value is -1.74. The highest BCUT2D eigenvalue weighted by atomic mass is 35.5. The van der Waals surface area contributed by atoms with Crippen LogP contribution in [0.3, 0.4) is 0 Å². The molecule has 0 amide bonds. The molecular formula is C17H21ClN4O3S. The molecule has 2 aromatic rings. The molecule has 0 saturated heterocycles. The van der Waals surface area contributed by atoms with Gasteiger partial charge in [-0.1, -0.05) is 17.7 Å². The van der Waals surface area contributed by atoms with Gasteiger partial charge in [0.25, 0.3) is 0 Å². The van der Waals surface area contributed by atoms with E-state index in [4.69, 9.17) is 17.3 Å². The van der Waals surface area contributed by atoms with Crippen LogP contribution in [0, 0.1) is 6.92 Å². The summed E-state index contributed by atoms with van der Waals surface area (Å²) < 4.78 is 28.3. The summed E-state index contributed by atoms with van der Waals surface area (Å²) in [5.74, 6) is 0.161. The Kier molecular flexibility index (Phi) is 5.47. The van der Waals surface area contributed by atoms with Crippen molar-refractivity contribution in [1.29, 1.82) is 0 Å². The molecule has 1 saturated carbocycles. The smallest absolute Gasteiger partial charge is 0.242 e. The standard InChI is InChI=1S/C17H21ClN4O3S/c1-10-14(9-20-17(19)21-10)11-2-7-15(18)16(8-11)26(24,25)22-12-3-5-13(23)6-4-12/h2,7-9,12-13,22-23H,3-6H2,1H3,(H2,19,20,21). The summed E-state index contributed by atoms with van der Waals surface area (Å²) in [6, 6.07) is 4.58. The van der Waals surface area contributed by atoms with Gasteiger partial charge < -0.3 is 10.8 Å². The van der Waals surface area contributed by atoms with Crippen molar-refractivity contribution in [2.24, 2.45) is 0 Å². The predicted octanol–water partition coefficient (Wildman–Crippen LogP) is 2.27. The second-order valence-electron chi connectivity index (χ2n) is 6.50. The lowest BCUT2D eigenvalue weighted by molar-refractivity contribution is 0.120. The second kappa shape index (κ2) is 7.48. The SMILES string of the molecule is Cc1nc(N)ncc1-c1ccc(Cl)c(S(=O)(=O)NC2CCC(O)CC2)c1. The Morgan fingerprint density at radius 2 is 1.96 bits per heavy atom. The number of aliphatic hydroxyl groups is 1. The maximum Gasteiger partial charge on any atom is 0.242 e. The molecule has 3 rings (SSSR count). The molecule has 1 aliphatic rings. The molecule has 0 spiro atoms. The molecule has 1 heterocycles. The molecule has 1 aromatic carbocycles. The minimum Gasteiger partial charge on any atom is -0.393 e. The van der Waals surface area contributed by atoms with Crippen LogP contribution in [-0.4, -0.2) is 35.6 Å². The number of hydrogen-bond acceptors (Lipinski definition) is 6. The first-order chi connectivity index (χ1) is 12.3. The zero-order valence-corrected chi connectivity index (χ0v) is 15.9. The third-order valence-corrected chi connectivity index (χ3v) is 6.55. The zero-order valence-electron chi connectivity index (χ0n) is 14.3. The van der Waals surface area contributed by atoms with Gasteiger partial charge in [0.15, 0.2) is 0 Å². The number of anilines is 1. The number of aromatic nitrogens is 2. The molecule has 0 bridgehead atoms. The highest BCUT2D eigenvalue weighted by Crippen LogP contribution is 2.30. The van der Waals surface area contributed by atoms with E-state index in [0.29, 0.717) is 42.5 Å². The molecule has 4 N–H and O–H groups in total. The number of benzene rings is 1. The Morgan fingerprint density at radius 1 is 1.27 bits per heavy atom. The van der Waals surface area contributed by atoms with Crippen molar-refractivity contribution < 1.29 is 13.5 Å². The summed E-state index contributed by atoms with van der Waals surface area (Å²) in [4.78, 5) is 8.10. The van der Waals surface area contributed by atoms with Gasteiger partial charge in [0.2, 0.25) is 16.0 Å². The molecule has 9 heteroatoms. The fourth-order valence-corrected chi connectivity index (χ4v) is 4.95. The molecule has 0 atom stereocenters. The number of sulfonamides is 1. The number of hydrogen-bond donors (Lipinski definition) is 3. The fraction of sp³-hybridized carbons (Fsp3) is 0.412. The largest absolute Gasteiger partial charge is 0.393 e. The van der Waals surface area contributed by atoms with Gasteiger partial charge in [-0.3, -0.25) is 0 Å². The van der Waals surface area contributed by atoms with Crippen molar-refractivity contribution in [3.8, 4) is 11.1 Å². The fourth-order valence-electron chi connectivity index (χ4n) is 3.12. The summed E-state index contributed by atoms with van der Waals surface area (Å²) in [7, 11) is -3.79. The molecule has 0 radical (unpaired) electrons. The van der Waals surface area contributed by atoms with Gasteiger partial charge in [0, 0.05) is 17.8 Å². The van der Waals surface area contributed by atoms with Crippen LogP contribution in [0.5, 0.6) is 0 Å². The van der Waals surface area contributed by atoms with Crippen molar-refractivity contribution >= 4 is 27.6 Å². The summed E-state index contributed by atoms with van der Waals surface area (Å²) in [6.07, 6.45) is 3.58. The van der Waals surface area contributed by atoms with E-state index in [0.717, 1.165) is 0 Å². The van der Waals surface area contributed by atoms with Crippen molar-refractivity contribution in [3.05, 3.63) is 35.1 Å². The summed E-state index contributed by atoms with van der Waals surface area (Å²) in [6.45, 7) is 1.78. The van der Waals surface area contributed by atoms with E-state index in [1.54, 1.807) is 25.3 Å². The lowest BCUT2D eigenvalue weighted by atomic mass is 9.94. The minimum absolute atomic E-state index is 0.0130. The Bertz CT molecular complexity index is 912. The Balaban J connectivity index is 1.91. The van der Waals surface area contributed by atoms with Gasteiger partial charge in [-0.15, -0.1) is 0 Å². The average molecular weight is 397 g/mol. The number of aliphatic hydroxyl groups excluding tert-OH is 1. The first-order valence-electron chi connectivity index (χ1n) is 8.35. The van der Waals surface area contributed by atoms with Crippen LogP contribution in [0.25, 0.3) is 11.1 Å². The van der Waals surface area contributed by atoms with E-state index in [2.05, 4.69) is 14.7 Å². The van der Waals surface area contributed by atoms with Crippen LogP contribution < -0.4 is 10.5 Å². The Morgan fingerprint density at radius 3 is 2.62 bits per heavy atom. The minimum atomic E-state index is -3.79. The molecule has 7 nitrogen and oxygen atoms in total. The summed E-state index contributed by atoms with van der Waals surface area (Å²) in [5.41, 5.74) is 7.56. The molecule has 0 aliphatic heterocycles. The van der Waals surface area contributed by atoms with Crippen molar-refractivity contribution in [3.63, 3.8) is 0 Å². The Labute approximate surface area is 157 Å². The van der Waals surface area contributed by atoms with Gasteiger partial charge in [-0.2, -0.15) is 0 Å². The average Bonchev–Trinajstić information content (AvgIpc) is 2.57. The number of nitrogen functional groups attached to an aromatic ring is 1. The second-order valence-corrected chi connectivity index (χ2v) is 8.59. The molecule has 140 valence electrons. The summed E-state index contributed by atoms with van der Waals surface area (Å²) >= 11 is 6.16. The normalized spacial score (nSPS) is 20.9. The molecule has 26 heavy (non-hydrogen) atoms. The van der Waals surface area contributed by atoms with Crippen LogP contribution in [0.1, 0.15) is 31.4 Å². The van der Waals surface area contributed by atoms with Crippen LogP contribution >= 0.6 is 11.6 Å². The topological polar surface area (TPSA) is 118 Å². The number of aryl methyl sites for hydroxylation is 1. The first-order valence-corrected chi connectivity index (χ1v) is 10.2. The van der Waals surface area contributed by atoms with Gasteiger partial charge >= 0.3 is 0 Å². The van der Waals surface area contributed by atoms with Crippen LogP contribution in [-0.2, 0) is 10.0 Å². The molecule has 1 fully saturated rings. The lowest BCUT2D eigenvalue weighted by Gasteiger charge is -2.26. The van der Waals surface area contributed by atoms with Crippen molar-refractivity contribution in [2.75, 3.05) is 5.73 Å². The van der Waals surface area contributed by atoms with Gasteiger partial charge in [-0.25, -0.2) is 23.1 Å². The third-order valence-electron chi connectivity index (χ3n) is 4.55. The van der Waals surface area contributed by atoms with E-state index < -0.39 is 10.0 Å². The van der Waals surface area contributed by atoms with Crippen molar-refractivity contribution in [1.82, 2.24) is 14.7 Å². The zero-order chi connectivity index (χ0) is 18.9. The van der Waals surface area contributed by atoms with E-state index in [1.165, 1.54) is 6.07 Å². The van der Waals surface area contributed by atoms with E-state index in [9.17, 15) is 13.5 Å². The predicted molar refractivity (Wildman–Crippen MR) is 100 cm³/mol. The van der Waals surface area contributed by atoms with Gasteiger partial charge in [-0.05, 0) is 50.3 Å². The van der Waals surface area contributed by atoms with Crippen LogP contribution in [0.15, 0.2) is 29.3 Å². The number of nitrogens with zero attached hydrogens (tertiary/aromatic N) is 2. The van der Waals surface area contributed by atoms with E-state index >= 15 is 0 Å². The van der Waals surface area contributed by atoms with E-state index in [1.807, 2.05) is 0 Å². The molecule has 1 aliphatic carbocycles. The van der Waals surface area contributed by atoms with Crippen LogP contribution in [0.2, 0.25) is 5.02 Å². The number of halogens is 1. The summed E-state index contributed by atoms with van der Waals surface area (Å²) in [5, 5.41) is 9.72. The highest BCUT2D eigenvalue weighted by molar-refractivity contribution is 7.89. The van der Waals surface area contributed by atoms with Crippen LogP contribution in [0.4, 0.5) is 5.95 Å². The van der Waals surface area contributed by atoms with Gasteiger partial charge in [0.1, 0.15) is 4.90 Å².